The van der Waals surface area contributed by atoms with Crippen LogP contribution in [-0.4, -0.2) is 15.8 Å². The molecule has 3 unspecified atom stereocenters. The zero-order valence-electron chi connectivity index (χ0n) is 11.8. The summed E-state index contributed by atoms with van der Waals surface area (Å²) >= 11 is 0. The van der Waals surface area contributed by atoms with Crippen LogP contribution in [0.25, 0.3) is 0 Å². The van der Waals surface area contributed by atoms with Crippen LogP contribution in [-0.2, 0) is 6.42 Å². The Balaban J connectivity index is 1.96. The van der Waals surface area contributed by atoms with Gasteiger partial charge in [-0.05, 0) is 44.1 Å². The molecule has 2 rings (SSSR count). The number of nitrogens with zero attached hydrogens (tertiary/aromatic N) is 2. The van der Waals surface area contributed by atoms with Crippen LogP contribution < -0.4 is 11.3 Å². The summed E-state index contributed by atoms with van der Waals surface area (Å²) in [5.74, 6) is 7.20. The van der Waals surface area contributed by atoms with Gasteiger partial charge in [-0.25, -0.2) is 0 Å². The summed E-state index contributed by atoms with van der Waals surface area (Å²) in [5, 5.41) is 4.65. The Bertz CT molecular complexity index is 370. The van der Waals surface area contributed by atoms with Crippen LogP contribution in [0.1, 0.15) is 51.8 Å². The Kier molecular flexibility index (Phi) is 4.40. The summed E-state index contributed by atoms with van der Waals surface area (Å²) in [6.07, 6.45) is 6.84. The first kappa shape index (κ1) is 13.6. The number of rotatable bonds is 7. The third kappa shape index (κ3) is 3.12. The first-order chi connectivity index (χ1) is 8.65. The average Bonchev–Trinajstić information content (AvgIpc) is 3.14. The minimum atomic E-state index is 0.345. The molecular weight excluding hydrogens is 224 g/mol. The molecule has 0 aromatic carbocycles. The predicted octanol–water partition coefficient (Wildman–Crippen LogP) is 2.27. The molecule has 0 bridgehead atoms. The maximum absolute atomic E-state index is 5.70. The largest absolute Gasteiger partial charge is 0.271 e. The van der Waals surface area contributed by atoms with Crippen LogP contribution in [0.2, 0.25) is 0 Å². The summed E-state index contributed by atoms with van der Waals surface area (Å²) in [4.78, 5) is 0. The van der Waals surface area contributed by atoms with Crippen molar-refractivity contribution in [1.82, 2.24) is 15.2 Å². The fraction of sp³-hybridized carbons (Fsp3) is 0.786. The van der Waals surface area contributed by atoms with Crippen molar-refractivity contribution in [3.8, 4) is 0 Å². The Morgan fingerprint density at radius 2 is 2.22 bits per heavy atom. The van der Waals surface area contributed by atoms with Gasteiger partial charge in [0.05, 0.1) is 5.69 Å². The zero-order valence-corrected chi connectivity index (χ0v) is 11.8. The highest BCUT2D eigenvalue weighted by atomic mass is 15.3. The molecular formula is C14H26N4. The molecule has 1 aromatic heterocycles. The summed E-state index contributed by atoms with van der Waals surface area (Å²) in [7, 11) is 0. The fourth-order valence-corrected chi connectivity index (χ4v) is 2.49. The van der Waals surface area contributed by atoms with E-state index in [2.05, 4.69) is 48.2 Å². The quantitative estimate of drug-likeness (QED) is 0.576. The van der Waals surface area contributed by atoms with Crippen LogP contribution in [0.5, 0.6) is 0 Å². The second kappa shape index (κ2) is 5.85. The van der Waals surface area contributed by atoms with Crippen molar-refractivity contribution in [3.05, 3.63) is 18.0 Å². The van der Waals surface area contributed by atoms with Gasteiger partial charge < -0.3 is 0 Å². The van der Waals surface area contributed by atoms with Crippen molar-refractivity contribution < 1.29 is 0 Å². The topological polar surface area (TPSA) is 55.9 Å². The van der Waals surface area contributed by atoms with Crippen LogP contribution in [0.4, 0.5) is 0 Å². The van der Waals surface area contributed by atoms with Gasteiger partial charge in [-0.15, -0.1) is 0 Å². The monoisotopic (exact) mass is 250 g/mol. The molecule has 18 heavy (non-hydrogen) atoms. The molecule has 1 saturated carbocycles. The molecule has 0 amide bonds. The summed E-state index contributed by atoms with van der Waals surface area (Å²) in [6.45, 7) is 6.68. The minimum absolute atomic E-state index is 0.345. The van der Waals surface area contributed by atoms with Crippen LogP contribution in [0.15, 0.2) is 12.3 Å². The highest BCUT2D eigenvalue weighted by Crippen LogP contribution is 2.38. The van der Waals surface area contributed by atoms with Gasteiger partial charge in [-0.3, -0.25) is 16.0 Å². The van der Waals surface area contributed by atoms with Crippen molar-refractivity contribution in [2.75, 3.05) is 0 Å². The van der Waals surface area contributed by atoms with Gasteiger partial charge in [0.2, 0.25) is 0 Å². The molecule has 0 radical (unpaired) electrons. The van der Waals surface area contributed by atoms with Crippen molar-refractivity contribution in [3.63, 3.8) is 0 Å². The van der Waals surface area contributed by atoms with Gasteiger partial charge >= 0.3 is 0 Å². The maximum Gasteiger partial charge on any atom is 0.0640 e. The lowest BCUT2D eigenvalue weighted by Gasteiger charge is -2.22. The van der Waals surface area contributed by atoms with E-state index in [1.165, 1.54) is 12.8 Å². The Hall–Kier alpha value is -0.870. The lowest BCUT2D eigenvalue weighted by Crippen LogP contribution is -2.42. The standard InChI is InChI=1S/C14H26N4/c1-4-10(2)18-8-7-13(17-18)9-14(16-15)11(3)12-5-6-12/h7-8,10-12,14,16H,4-6,9,15H2,1-3H3. The molecule has 1 heterocycles. The molecule has 1 aromatic rings. The molecule has 0 aliphatic heterocycles. The first-order valence-corrected chi connectivity index (χ1v) is 7.15. The van der Waals surface area contributed by atoms with Gasteiger partial charge in [0.15, 0.2) is 0 Å². The zero-order chi connectivity index (χ0) is 13.1. The number of nitrogens with two attached hydrogens (primary N) is 1. The Morgan fingerprint density at radius 1 is 1.50 bits per heavy atom. The maximum atomic E-state index is 5.70. The van der Waals surface area contributed by atoms with Crippen LogP contribution in [0.3, 0.4) is 0 Å². The molecule has 3 atom stereocenters. The summed E-state index contributed by atoms with van der Waals surface area (Å²) in [6, 6.07) is 2.94. The number of hydrazine groups is 1. The number of nitrogens with one attached hydrogen (secondary N) is 1. The van der Waals surface area contributed by atoms with E-state index in [1.54, 1.807) is 0 Å². The van der Waals surface area contributed by atoms with Crippen LogP contribution >= 0.6 is 0 Å². The van der Waals surface area contributed by atoms with E-state index in [0.717, 1.165) is 24.5 Å². The molecule has 1 fully saturated rings. The third-order valence-corrected chi connectivity index (χ3v) is 4.35. The summed E-state index contributed by atoms with van der Waals surface area (Å²) in [5.41, 5.74) is 4.12. The molecule has 0 spiro atoms. The van der Waals surface area contributed by atoms with Crippen molar-refractivity contribution in [1.29, 1.82) is 0 Å². The van der Waals surface area contributed by atoms with E-state index in [4.69, 9.17) is 5.84 Å². The van der Waals surface area contributed by atoms with Crippen molar-refractivity contribution in [2.24, 2.45) is 17.7 Å². The van der Waals surface area contributed by atoms with E-state index in [1.807, 2.05) is 0 Å². The molecule has 4 heteroatoms. The number of aromatic nitrogens is 2. The van der Waals surface area contributed by atoms with Gasteiger partial charge in [0.1, 0.15) is 0 Å². The Labute approximate surface area is 110 Å². The fourth-order valence-electron chi connectivity index (χ4n) is 2.49. The second-order valence-corrected chi connectivity index (χ2v) is 5.72. The minimum Gasteiger partial charge on any atom is -0.271 e. The molecule has 3 N–H and O–H groups in total. The van der Waals surface area contributed by atoms with Gasteiger partial charge in [0.25, 0.3) is 0 Å². The first-order valence-electron chi connectivity index (χ1n) is 7.15. The molecule has 102 valence electrons. The highest BCUT2D eigenvalue weighted by molar-refractivity contribution is 5.03. The molecule has 4 nitrogen and oxygen atoms in total. The van der Waals surface area contributed by atoms with Crippen molar-refractivity contribution >= 4 is 0 Å². The predicted molar refractivity (Wildman–Crippen MR) is 73.9 cm³/mol. The lowest BCUT2D eigenvalue weighted by atomic mass is 9.93. The van der Waals surface area contributed by atoms with E-state index >= 15 is 0 Å². The molecule has 1 aliphatic rings. The summed E-state index contributed by atoms with van der Waals surface area (Å²) < 4.78 is 2.06. The van der Waals surface area contributed by atoms with E-state index in [0.29, 0.717) is 18.0 Å². The normalized spacial score (nSPS) is 20.7. The second-order valence-electron chi connectivity index (χ2n) is 5.72. The van der Waals surface area contributed by atoms with E-state index in [-0.39, 0.29) is 0 Å². The van der Waals surface area contributed by atoms with Crippen LogP contribution in [0, 0.1) is 11.8 Å². The smallest absolute Gasteiger partial charge is 0.0640 e. The average molecular weight is 250 g/mol. The Morgan fingerprint density at radius 3 is 2.78 bits per heavy atom. The number of hydrogen-bond donors (Lipinski definition) is 2. The van der Waals surface area contributed by atoms with E-state index < -0.39 is 0 Å². The number of hydrogen-bond acceptors (Lipinski definition) is 3. The lowest BCUT2D eigenvalue weighted by molar-refractivity contribution is 0.339. The van der Waals surface area contributed by atoms with Gasteiger partial charge in [-0.2, -0.15) is 5.10 Å². The van der Waals surface area contributed by atoms with Crippen molar-refractivity contribution in [2.45, 2.75) is 58.5 Å². The highest BCUT2D eigenvalue weighted by Gasteiger charge is 2.33. The van der Waals surface area contributed by atoms with Gasteiger partial charge in [0, 0.05) is 24.7 Å². The van der Waals surface area contributed by atoms with Gasteiger partial charge in [-0.1, -0.05) is 13.8 Å². The van der Waals surface area contributed by atoms with E-state index in [9.17, 15) is 0 Å². The molecule has 0 saturated heterocycles. The molecule has 1 aliphatic carbocycles. The third-order valence-electron chi connectivity index (χ3n) is 4.35. The SMILES string of the molecule is CCC(C)n1ccc(CC(NN)C(C)C2CC2)n1.